The van der Waals surface area contributed by atoms with Crippen molar-refractivity contribution in [1.82, 2.24) is 10.3 Å². The number of aromatic nitrogens is 1. The monoisotopic (exact) mass is 286 g/mol. The minimum Gasteiger partial charge on any atom is -0.457 e. The molecule has 1 fully saturated rings. The fourth-order valence-corrected chi connectivity index (χ4v) is 2.37. The van der Waals surface area contributed by atoms with E-state index in [-0.39, 0.29) is 0 Å². The molecule has 1 aromatic heterocycles. The van der Waals surface area contributed by atoms with E-state index >= 15 is 0 Å². The van der Waals surface area contributed by atoms with Gasteiger partial charge in [-0.2, -0.15) is 0 Å². The number of ether oxygens (including phenoxy) is 1. The van der Waals surface area contributed by atoms with Crippen molar-refractivity contribution >= 4 is 11.8 Å². The van der Waals surface area contributed by atoms with Crippen molar-refractivity contribution in [3.63, 3.8) is 0 Å². The summed E-state index contributed by atoms with van der Waals surface area (Å²) in [6.07, 6.45) is 8.28. The second-order valence-corrected chi connectivity index (χ2v) is 5.80. The van der Waals surface area contributed by atoms with E-state index in [1.807, 2.05) is 24.4 Å². The lowest BCUT2D eigenvalue weighted by Crippen LogP contribution is -2.15. The maximum atomic E-state index is 5.97. The average Bonchev–Trinajstić information content (AvgIpc) is 3.31. The Morgan fingerprint density at radius 3 is 2.75 bits per heavy atom. The highest BCUT2D eigenvalue weighted by Gasteiger charge is 2.20. The Hall–Kier alpha value is -1.52. The highest BCUT2D eigenvalue weighted by molar-refractivity contribution is 7.98. The third kappa shape index (κ3) is 3.52. The summed E-state index contributed by atoms with van der Waals surface area (Å²) >= 11 is 1.73. The van der Waals surface area contributed by atoms with Crippen LogP contribution in [0.5, 0.6) is 11.5 Å². The van der Waals surface area contributed by atoms with E-state index in [4.69, 9.17) is 4.74 Å². The predicted octanol–water partition coefficient (Wildman–Crippen LogP) is 3.85. The molecule has 0 aliphatic heterocycles. The summed E-state index contributed by atoms with van der Waals surface area (Å²) in [5.74, 6) is 1.74. The van der Waals surface area contributed by atoms with Gasteiger partial charge in [0.1, 0.15) is 11.5 Å². The van der Waals surface area contributed by atoms with Gasteiger partial charge < -0.3 is 10.1 Å². The first-order valence-corrected chi connectivity index (χ1v) is 8.06. The second-order valence-electron chi connectivity index (χ2n) is 4.92. The van der Waals surface area contributed by atoms with E-state index in [2.05, 4.69) is 28.7 Å². The van der Waals surface area contributed by atoms with Crippen LogP contribution in [0.15, 0.2) is 47.6 Å². The molecule has 1 heterocycles. The van der Waals surface area contributed by atoms with Crippen molar-refractivity contribution in [3.8, 4) is 11.5 Å². The Morgan fingerprint density at radius 1 is 1.25 bits per heavy atom. The number of thioether (sulfide) groups is 1. The van der Waals surface area contributed by atoms with Gasteiger partial charge in [-0.05, 0) is 49.4 Å². The van der Waals surface area contributed by atoms with Crippen LogP contribution in [0.4, 0.5) is 0 Å². The lowest BCUT2D eigenvalue weighted by atomic mass is 10.2. The van der Waals surface area contributed by atoms with Gasteiger partial charge >= 0.3 is 0 Å². The molecule has 3 nitrogen and oxygen atoms in total. The fourth-order valence-electron chi connectivity index (χ4n) is 1.96. The molecule has 3 rings (SSSR count). The Labute approximate surface area is 123 Å². The van der Waals surface area contributed by atoms with Crippen LogP contribution < -0.4 is 10.1 Å². The number of hydrogen-bond acceptors (Lipinski definition) is 4. The molecule has 0 saturated heterocycles. The summed E-state index contributed by atoms with van der Waals surface area (Å²) in [6, 6.07) is 10.8. The molecule has 0 bridgehead atoms. The van der Waals surface area contributed by atoms with Crippen LogP contribution in [0, 0.1) is 0 Å². The molecule has 0 atom stereocenters. The van der Waals surface area contributed by atoms with Crippen LogP contribution in [0.2, 0.25) is 0 Å². The van der Waals surface area contributed by atoms with Gasteiger partial charge in [-0.15, -0.1) is 11.8 Å². The molecular formula is C16H18N2OS. The summed E-state index contributed by atoms with van der Waals surface area (Å²) < 4.78 is 5.97. The third-order valence-corrected chi connectivity index (χ3v) is 4.05. The molecule has 1 aromatic carbocycles. The number of benzene rings is 1. The van der Waals surface area contributed by atoms with Crippen LogP contribution in [-0.2, 0) is 6.54 Å². The number of hydrogen-bond donors (Lipinski definition) is 1. The molecule has 0 radical (unpaired) electrons. The maximum absolute atomic E-state index is 5.97. The second kappa shape index (κ2) is 6.29. The molecule has 4 heteroatoms. The number of nitrogens with zero attached hydrogens (tertiary/aromatic N) is 1. The molecule has 0 spiro atoms. The zero-order valence-corrected chi connectivity index (χ0v) is 12.3. The molecule has 20 heavy (non-hydrogen) atoms. The number of rotatable bonds is 6. The molecule has 1 aliphatic carbocycles. The Morgan fingerprint density at radius 2 is 2.05 bits per heavy atom. The molecule has 0 unspecified atom stereocenters. The van der Waals surface area contributed by atoms with Crippen molar-refractivity contribution in [2.24, 2.45) is 0 Å². The average molecular weight is 286 g/mol. The molecule has 2 aromatic rings. The smallest absolute Gasteiger partial charge is 0.134 e. The van der Waals surface area contributed by atoms with E-state index < -0.39 is 0 Å². The highest BCUT2D eigenvalue weighted by Crippen LogP contribution is 2.27. The first-order valence-electron chi connectivity index (χ1n) is 6.83. The standard InChI is InChI=1S/C16H18N2OS/c1-20-15-6-4-14(5-7-15)19-16-8-9-17-10-12(16)11-18-13-2-3-13/h4-10,13,18H,2-3,11H2,1H3. The van der Waals surface area contributed by atoms with Crippen molar-refractivity contribution < 1.29 is 4.74 Å². The van der Waals surface area contributed by atoms with Gasteiger partial charge in [0.15, 0.2) is 0 Å². The van der Waals surface area contributed by atoms with Crippen molar-refractivity contribution in [2.45, 2.75) is 30.3 Å². The molecule has 104 valence electrons. The first kappa shape index (κ1) is 13.5. The van der Waals surface area contributed by atoms with Gasteiger partial charge in [0.2, 0.25) is 0 Å². The van der Waals surface area contributed by atoms with E-state index in [0.29, 0.717) is 6.04 Å². The lowest BCUT2D eigenvalue weighted by molar-refractivity contribution is 0.471. The SMILES string of the molecule is CSc1ccc(Oc2ccncc2CNC2CC2)cc1. The van der Waals surface area contributed by atoms with Crippen molar-refractivity contribution in [1.29, 1.82) is 0 Å². The van der Waals surface area contributed by atoms with Crippen LogP contribution in [0.3, 0.4) is 0 Å². The van der Waals surface area contributed by atoms with Gasteiger partial charge in [-0.3, -0.25) is 4.98 Å². The Kier molecular flexibility index (Phi) is 4.23. The summed E-state index contributed by atoms with van der Waals surface area (Å²) in [6.45, 7) is 0.816. The van der Waals surface area contributed by atoms with Crippen LogP contribution in [0.25, 0.3) is 0 Å². The van der Waals surface area contributed by atoms with E-state index in [0.717, 1.165) is 23.6 Å². The van der Waals surface area contributed by atoms with Gasteiger partial charge in [0.25, 0.3) is 0 Å². The molecule has 1 N–H and O–H groups in total. The number of pyridine rings is 1. The van der Waals surface area contributed by atoms with Crippen LogP contribution >= 0.6 is 11.8 Å². The Balaban J connectivity index is 1.71. The van der Waals surface area contributed by atoms with Gasteiger partial charge in [-0.25, -0.2) is 0 Å². The summed E-state index contributed by atoms with van der Waals surface area (Å²) in [7, 11) is 0. The van der Waals surface area contributed by atoms with Gasteiger partial charge in [0.05, 0.1) is 0 Å². The van der Waals surface area contributed by atoms with E-state index in [1.165, 1.54) is 17.7 Å². The minimum absolute atomic E-state index is 0.684. The summed E-state index contributed by atoms with van der Waals surface area (Å²) in [4.78, 5) is 5.43. The van der Waals surface area contributed by atoms with Gasteiger partial charge in [-0.1, -0.05) is 0 Å². The summed E-state index contributed by atoms with van der Waals surface area (Å²) in [5.41, 5.74) is 1.10. The third-order valence-electron chi connectivity index (χ3n) is 3.30. The quantitative estimate of drug-likeness (QED) is 0.818. The van der Waals surface area contributed by atoms with Crippen molar-refractivity contribution in [2.75, 3.05) is 6.26 Å². The van der Waals surface area contributed by atoms with Crippen LogP contribution in [0.1, 0.15) is 18.4 Å². The predicted molar refractivity (Wildman–Crippen MR) is 82.4 cm³/mol. The minimum atomic E-state index is 0.684. The van der Waals surface area contributed by atoms with Crippen LogP contribution in [-0.4, -0.2) is 17.3 Å². The van der Waals surface area contributed by atoms with E-state index in [9.17, 15) is 0 Å². The summed E-state index contributed by atoms with van der Waals surface area (Å²) in [5, 5.41) is 3.49. The highest BCUT2D eigenvalue weighted by atomic mass is 32.2. The molecular weight excluding hydrogens is 268 g/mol. The van der Waals surface area contributed by atoms with Gasteiger partial charge in [0, 0.05) is 35.4 Å². The van der Waals surface area contributed by atoms with Crippen molar-refractivity contribution in [3.05, 3.63) is 48.3 Å². The molecule has 0 amide bonds. The maximum Gasteiger partial charge on any atom is 0.134 e. The number of nitrogens with one attached hydrogen (secondary N) is 1. The fraction of sp³-hybridized carbons (Fsp3) is 0.312. The van der Waals surface area contributed by atoms with E-state index in [1.54, 1.807) is 18.0 Å². The topological polar surface area (TPSA) is 34.1 Å². The Bertz CT molecular complexity index is 567. The normalized spacial score (nSPS) is 14.2. The lowest BCUT2D eigenvalue weighted by Gasteiger charge is -2.11. The molecule has 1 aliphatic rings. The zero-order valence-electron chi connectivity index (χ0n) is 11.5. The largest absolute Gasteiger partial charge is 0.457 e. The zero-order chi connectivity index (χ0) is 13.8. The molecule has 1 saturated carbocycles. The first-order chi connectivity index (χ1) is 9.85.